The van der Waals surface area contributed by atoms with Gasteiger partial charge in [0.15, 0.2) is 0 Å². The van der Waals surface area contributed by atoms with Gasteiger partial charge in [0, 0.05) is 18.6 Å². The lowest BCUT2D eigenvalue weighted by molar-refractivity contribution is 0.246. The highest BCUT2D eigenvalue weighted by atomic mass is 16.3. The topological polar surface area (TPSA) is 46.2 Å². The van der Waals surface area contributed by atoms with E-state index in [1.54, 1.807) is 0 Å². The summed E-state index contributed by atoms with van der Waals surface area (Å²) in [6.45, 7) is 7.04. The molecule has 0 aromatic heterocycles. The van der Waals surface area contributed by atoms with E-state index < -0.39 is 0 Å². The summed E-state index contributed by atoms with van der Waals surface area (Å²) in [5.41, 5.74) is 9.49. The normalized spacial score (nSPS) is 15.0. The zero-order chi connectivity index (χ0) is 11.5. The average Bonchev–Trinajstić information content (AvgIpc) is 2.22. The fourth-order valence-corrected chi connectivity index (χ4v) is 1.98. The van der Waals surface area contributed by atoms with Crippen molar-refractivity contribution in [1.29, 1.82) is 0 Å². The van der Waals surface area contributed by atoms with E-state index in [4.69, 9.17) is 10.8 Å². The smallest absolute Gasteiger partial charge is 0.0439 e. The Bertz CT molecular complexity index is 335. The van der Waals surface area contributed by atoms with Crippen molar-refractivity contribution in [3.05, 3.63) is 34.9 Å². The van der Waals surface area contributed by atoms with Gasteiger partial charge < -0.3 is 10.8 Å². The Hall–Kier alpha value is -0.860. The fourth-order valence-electron chi connectivity index (χ4n) is 1.98. The lowest BCUT2D eigenvalue weighted by Crippen LogP contribution is -2.33. The zero-order valence-corrected chi connectivity index (χ0v) is 9.88. The number of nitrogens with two attached hydrogens (primary N) is 1. The van der Waals surface area contributed by atoms with E-state index in [2.05, 4.69) is 39.0 Å². The molecule has 0 saturated carbocycles. The zero-order valence-electron chi connectivity index (χ0n) is 9.88. The van der Waals surface area contributed by atoms with Crippen molar-refractivity contribution >= 4 is 0 Å². The SMILES string of the molecule is Cc1ccc(C)c(C(C)(CN)CCO)c1. The van der Waals surface area contributed by atoms with Crippen LogP contribution < -0.4 is 5.73 Å². The van der Waals surface area contributed by atoms with Crippen molar-refractivity contribution in [2.24, 2.45) is 5.73 Å². The van der Waals surface area contributed by atoms with Crippen LogP contribution in [0.4, 0.5) is 0 Å². The van der Waals surface area contributed by atoms with Crippen molar-refractivity contribution in [1.82, 2.24) is 0 Å². The van der Waals surface area contributed by atoms with Gasteiger partial charge >= 0.3 is 0 Å². The summed E-state index contributed by atoms with van der Waals surface area (Å²) in [4.78, 5) is 0. The van der Waals surface area contributed by atoms with Crippen molar-refractivity contribution in [2.75, 3.05) is 13.2 Å². The first-order chi connectivity index (χ1) is 7.03. The molecule has 0 saturated heterocycles. The van der Waals surface area contributed by atoms with Crippen LogP contribution in [0, 0.1) is 13.8 Å². The monoisotopic (exact) mass is 207 g/mol. The minimum atomic E-state index is -0.106. The van der Waals surface area contributed by atoms with E-state index in [1.807, 2.05) is 0 Å². The Morgan fingerprint density at radius 2 is 2.00 bits per heavy atom. The van der Waals surface area contributed by atoms with Crippen molar-refractivity contribution < 1.29 is 5.11 Å². The standard InChI is InChI=1S/C13H21NO/c1-10-4-5-11(2)12(8-10)13(3,9-14)6-7-15/h4-5,8,15H,6-7,9,14H2,1-3H3. The molecule has 1 unspecified atom stereocenters. The number of hydrogen-bond acceptors (Lipinski definition) is 2. The molecular formula is C13H21NO. The van der Waals surface area contributed by atoms with E-state index in [9.17, 15) is 0 Å². The molecule has 0 amide bonds. The van der Waals surface area contributed by atoms with Gasteiger partial charge in [-0.2, -0.15) is 0 Å². The molecule has 15 heavy (non-hydrogen) atoms. The molecule has 3 N–H and O–H groups in total. The number of aryl methyl sites for hydroxylation is 2. The minimum absolute atomic E-state index is 0.106. The molecule has 2 heteroatoms. The fraction of sp³-hybridized carbons (Fsp3) is 0.538. The van der Waals surface area contributed by atoms with Crippen LogP contribution in [0.25, 0.3) is 0 Å². The first kappa shape index (κ1) is 12.2. The van der Waals surface area contributed by atoms with Gasteiger partial charge in [0.1, 0.15) is 0 Å². The molecule has 0 spiro atoms. The van der Waals surface area contributed by atoms with Crippen LogP contribution in [0.3, 0.4) is 0 Å². The first-order valence-corrected chi connectivity index (χ1v) is 5.42. The number of benzene rings is 1. The van der Waals surface area contributed by atoms with Gasteiger partial charge in [0.2, 0.25) is 0 Å². The predicted octanol–water partition coefficient (Wildman–Crippen LogP) is 1.90. The van der Waals surface area contributed by atoms with Gasteiger partial charge in [0.25, 0.3) is 0 Å². The van der Waals surface area contributed by atoms with E-state index in [0.29, 0.717) is 13.0 Å². The molecule has 84 valence electrons. The quantitative estimate of drug-likeness (QED) is 0.792. The molecule has 2 nitrogen and oxygen atoms in total. The molecule has 1 aromatic rings. The molecule has 0 aliphatic rings. The molecule has 0 bridgehead atoms. The summed E-state index contributed by atoms with van der Waals surface area (Å²) in [5, 5.41) is 9.10. The van der Waals surface area contributed by atoms with E-state index >= 15 is 0 Å². The van der Waals surface area contributed by atoms with E-state index in [0.717, 1.165) is 0 Å². The van der Waals surface area contributed by atoms with Crippen molar-refractivity contribution in [2.45, 2.75) is 32.6 Å². The minimum Gasteiger partial charge on any atom is -0.396 e. The van der Waals surface area contributed by atoms with E-state index in [-0.39, 0.29) is 12.0 Å². The molecule has 0 heterocycles. The summed E-state index contributed by atoms with van der Waals surface area (Å²) < 4.78 is 0. The Balaban J connectivity index is 3.16. The second-order valence-electron chi connectivity index (χ2n) is 4.56. The number of aliphatic hydroxyl groups is 1. The number of hydrogen-bond donors (Lipinski definition) is 2. The highest BCUT2D eigenvalue weighted by molar-refractivity contribution is 5.36. The maximum Gasteiger partial charge on any atom is 0.0439 e. The Labute approximate surface area is 92.1 Å². The summed E-state index contributed by atoms with van der Waals surface area (Å²) >= 11 is 0. The van der Waals surface area contributed by atoms with Gasteiger partial charge in [-0.1, -0.05) is 30.7 Å². The van der Waals surface area contributed by atoms with Crippen LogP contribution in [-0.2, 0) is 5.41 Å². The van der Waals surface area contributed by atoms with Gasteiger partial charge in [-0.25, -0.2) is 0 Å². The lowest BCUT2D eigenvalue weighted by Gasteiger charge is -2.30. The Kier molecular flexibility index (Phi) is 3.89. The molecule has 0 aliphatic heterocycles. The number of rotatable bonds is 4. The maximum atomic E-state index is 9.10. The summed E-state index contributed by atoms with van der Waals surface area (Å²) in [7, 11) is 0. The van der Waals surface area contributed by atoms with Crippen molar-refractivity contribution in [3.63, 3.8) is 0 Å². The largest absolute Gasteiger partial charge is 0.396 e. The molecule has 1 aromatic carbocycles. The van der Waals surface area contributed by atoms with Crippen LogP contribution in [0.15, 0.2) is 18.2 Å². The Morgan fingerprint density at radius 1 is 1.33 bits per heavy atom. The third-order valence-corrected chi connectivity index (χ3v) is 3.16. The highest BCUT2D eigenvalue weighted by Crippen LogP contribution is 2.29. The van der Waals surface area contributed by atoms with Crippen molar-refractivity contribution in [3.8, 4) is 0 Å². The second-order valence-corrected chi connectivity index (χ2v) is 4.56. The van der Waals surface area contributed by atoms with Crippen LogP contribution in [0.1, 0.15) is 30.0 Å². The first-order valence-electron chi connectivity index (χ1n) is 5.42. The molecule has 1 atom stereocenters. The average molecular weight is 207 g/mol. The summed E-state index contributed by atoms with van der Waals surface area (Å²) in [6, 6.07) is 6.41. The van der Waals surface area contributed by atoms with E-state index in [1.165, 1.54) is 16.7 Å². The van der Waals surface area contributed by atoms with Crippen LogP contribution >= 0.6 is 0 Å². The second kappa shape index (κ2) is 4.77. The van der Waals surface area contributed by atoms with Gasteiger partial charge in [0.05, 0.1) is 0 Å². The summed E-state index contributed by atoms with van der Waals surface area (Å²) in [6.07, 6.45) is 0.716. The Morgan fingerprint density at radius 3 is 2.53 bits per heavy atom. The van der Waals surface area contributed by atoms with Crippen LogP contribution in [0.5, 0.6) is 0 Å². The number of aliphatic hydroxyl groups excluding tert-OH is 1. The molecule has 0 radical (unpaired) electrons. The maximum absolute atomic E-state index is 9.10. The lowest BCUT2D eigenvalue weighted by atomic mass is 9.77. The molecular weight excluding hydrogens is 186 g/mol. The molecule has 0 aliphatic carbocycles. The molecule has 1 rings (SSSR count). The van der Waals surface area contributed by atoms with Crippen LogP contribution in [0.2, 0.25) is 0 Å². The van der Waals surface area contributed by atoms with Crippen LogP contribution in [-0.4, -0.2) is 18.3 Å². The summed E-state index contributed by atoms with van der Waals surface area (Å²) in [5.74, 6) is 0. The third kappa shape index (κ3) is 2.58. The highest BCUT2D eigenvalue weighted by Gasteiger charge is 2.25. The van der Waals surface area contributed by atoms with Gasteiger partial charge in [-0.05, 0) is 31.4 Å². The third-order valence-electron chi connectivity index (χ3n) is 3.16. The van der Waals surface area contributed by atoms with Gasteiger partial charge in [-0.15, -0.1) is 0 Å². The molecule has 0 fully saturated rings. The van der Waals surface area contributed by atoms with Gasteiger partial charge in [-0.3, -0.25) is 0 Å². The predicted molar refractivity (Wildman–Crippen MR) is 64.0 cm³/mol.